The first kappa shape index (κ1) is 30.0. The third-order valence-electron chi connectivity index (χ3n) is 6.89. The quantitative estimate of drug-likeness (QED) is 0.260. The maximum atomic E-state index is 15.0. The Kier molecular flexibility index (Phi) is 7.42. The zero-order valence-electron chi connectivity index (χ0n) is 22.0. The topological polar surface area (TPSA) is 80.0 Å². The van der Waals surface area contributed by atoms with Crippen molar-refractivity contribution in [3.8, 4) is 11.8 Å². The minimum Gasteiger partial charge on any atom is -0.378 e. The minimum absolute atomic E-state index is 0.0976. The maximum Gasteiger partial charge on any atom is 0.435 e. The molecule has 6 nitrogen and oxygen atoms in total. The number of amides is 1. The number of nitrogens with one attached hydrogen (secondary N) is 1. The summed E-state index contributed by atoms with van der Waals surface area (Å²) >= 11 is 3.31. The molecule has 2 aliphatic rings. The van der Waals surface area contributed by atoms with E-state index in [1.54, 1.807) is 0 Å². The number of fused-ring (bicyclic) bond motifs is 3. The Balaban J connectivity index is 1.49. The zero-order chi connectivity index (χ0) is 30.8. The molecule has 1 amide bonds. The van der Waals surface area contributed by atoms with E-state index in [0.29, 0.717) is 15.2 Å². The maximum absolute atomic E-state index is 15.0. The van der Waals surface area contributed by atoms with Crippen molar-refractivity contribution in [3.05, 3.63) is 80.3 Å². The number of carbonyl (C=O) groups excluding carboxylic acids is 1. The SMILES string of the molecule is CC(C)(O)C#Cc1ccc(Br)c([C@H](Cc2cc(F)cc(F)c2)NC(=O)Cn2nc(C(F)(F)F)c3c2C(F)(F)[C@@H]2CC32)n1. The molecule has 2 heterocycles. The van der Waals surface area contributed by atoms with Gasteiger partial charge in [-0.1, -0.05) is 5.92 Å². The lowest BCUT2D eigenvalue weighted by molar-refractivity contribution is -0.142. The number of benzene rings is 1. The molecule has 0 radical (unpaired) electrons. The third kappa shape index (κ3) is 6.03. The van der Waals surface area contributed by atoms with Crippen molar-refractivity contribution in [2.45, 2.75) is 62.9 Å². The van der Waals surface area contributed by atoms with E-state index in [1.807, 2.05) is 0 Å². The fourth-order valence-corrected chi connectivity index (χ4v) is 5.64. The third-order valence-corrected chi connectivity index (χ3v) is 7.56. The van der Waals surface area contributed by atoms with Crippen LogP contribution in [0, 0.1) is 29.4 Å². The van der Waals surface area contributed by atoms with E-state index in [9.17, 15) is 40.6 Å². The Hall–Kier alpha value is -3.44. The minimum atomic E-state index is -5.00. The molecule has 0 spiro atoms. The predicted molar refractivity (Wildman–Crippen MR) is 138 cm³/mol. The van der Waals surface area contributed by atoms with Gasteiger partial charge in [0.25, 0.3) is 5.92 Å². The number of alkyl halides is 5. The first-order valence-electron chi connectivity index (χ1n) is 12.7. The second kappa shape index (κ2) is 10.4. The van der Waals surface area contributed by atoms with Crippen LogP contribution in [0.15, 0.2) is 34.8 Å². The van der Waals surface area contributed by atoms with Gasteiger partial charge in [-0.15, -0.1) is 0 Å². The lowest BCUT2D eigenvalue weighted by Gasteiger charge is -2.21. The van der Waals surface area contributed by atoms with E-state index in [4.69, 9.17) is 0 Å². The van der Waals surface area contributed by atoms with Crippen LogP contribution in [-0.4, -0.2) is 31.4 Å². The molecule has 2 aromatic heterocycles. The van der Waals surface area contributed by atoms with Gasteiger partial charge in [-0.05, 0) is 84.3 Å². The largest absolute Gasteiger partial charge is 0.435 e. The normalized spacial score (nSPS) is 19.4. The molecule has 42 heavy (non-hydrogen) atoms. The molecule has 5 rings (SSSR count). The van der Waals surface area contributed by atoms with Crippen LogP contribution in [0.3, 0.4) is 0 Å². The fraction of sp³-hybridized carbons (Fsp3) is 0.393. The number of hydrogen-bond donors (Lipinski definition) is 2. The molecular formula is C28H22BrF7N4O2. The fourth-order valence-electron chi connectivity index (χ4n) is 5.14. The molecule has 1 saturated carbocycles. The zero-order valence-corrected chi connectivity index (χ0v) is 23.5. The van der Waals surface area contributed by atoms with Crippen molar-refractivity contribution >= 4 is 21.8 Å². The smallest absolute Gasteiger partial charge is 0.378 e. The lowest BCUT2D eigenvalue weighted by atomic mass is 10.0. The van der Waals surface area contributed by atoms with Crippen molar-refractivity contribution in [3.63, 3.8) is 0 Å². The molecule has 222 valence electrons. The van der Waals surface area contributed by atoms with Crippen LogP contribution < -0.4 is 5.32 Å². The molecule has 0 aliphatic heterocycles. The number of aliphatic hydroxyl groups is 1. The van der Waals surface area contributed by atoms with Crippen LogP contribution in [0.25, 0.3) is 0 Å². The highest BCUT2D eigenvalue weighted by Crippen LogP contribution is 2.68. The monoisotopic (exact) mass is 658 g/mol. The molecule has 0 saturated heterocycles. The molecule has 1 aromatic carbocycles. The number of aromatic nitrogens is 3. The van der Waals surface area contributed by atoms with Crippen molar-refractivity contribution in [1.82, 2.24) is 20.1 Å². The Bertz CT molecular complexity index is 1620. The second-order valence-corrected chi connectivity index (χ2v) is 11.7. The number of pyridine rings is 1. The predicted octanol–water partition coefficient (Wildman–Crippen LogP) is 5.77. The van der Waals surface area contributed by atoms with Crippen LogP contribution in [0.1, 0.15) is 66.1 Å². The summed E-state index contributed by atoms with van der Waals surface area (Å²) in [5.74, 6) is -3.36. The molecular weight excluding hydrogens is 637 g/mol. The summed E-state index contributed by atoms with van der Waals surface area (Å²) in [5, 5.41) is 15.8. The van der Waals surface area contributed by atoms with Gasteiger partial charge in [-0.3, -0.25) is 9.48 Å². The Morgan fingerprint density at radius 3 is 2.50 bits per heavy atom. The first-order chi connectivity index (χ1) is 19.4. The summed E-state index contributed by atoms with van der Waals surface area (Å²) in [4.78, 5) is 17.6. The average molecular weight is 659 g/mol. The summed E-state index contributed by atoms with van der Waals surface area (Å²) in [6, 6.07) is 4.60. The van der Waals surface area contributed by atoms with E-state index in [0.717, 1.165) is 12.1 Å². The summed E-state index contributed by atoms with van der Waals surface area (Å²) in [6.07, 6.45) is -5.33. The number of halogens is 8. The van der Waals surface area contributed by atoms with Crippen LogP contribution in [0.5, 0.6) is 0 Å². The average Bonchev–Trinajstić information content (AvgIpc) is 3.50. The first-order valence-corrected chi connectivity index (χ1v) is 13.5. The number of rotatable bonds is 6. The van der Waals surface area contributed by atoms with Crippen LogP contribution in [-0.2, 0) is 29.9 Å². The van der Waals surface area contributed by atoms with Crippen LogP contribution in [0.2, 0.25) is 0 Å². The van der Waals surface area contributed by atoms with Gasteiger partial charge in [0, 0.05) is 22.0 Å². The Morgan fingerprint density at radius 1 is 1.21 bits per heavy atom. The van der Waals surface area contributed by atoms with Gasteiger partial charge in [-0.2, -0.15) is 27.1 Å². The van der Waals surface area contributed by atoms with Crippen LogP contribution in [0.4, 0.5) is 30.7 Å². The molecule has 1 fully saturated rings. The molecule has 3 atom stereocenters. The summed E-state index contributed by atoms with van der Waals surface area (Å²) in [6.45, 7) is 1.92. The Morgan fingerprint density at radius 2 is 1.88 bits per heavy atom. The van der Waals surface area contributed by atoms with Crippen molar-refractivity contribution in [2.24, 2.45) is 5.92 Å². The summed E-state index contributed by atoms with van der Waals surface area (Å²) in [7, 11) is 0. The second-order valence-electron chi connectivity index (χ2n) is 10.8. The van der Waals surface area contributed by atoms with Gasteiger partial charge in [0.15, 0.2) is 5.69 Å². The lowest BCUT2D eigenvalue weighted by Crippen LogP contribution is -2.35. The highest BCUT2D eigenvalue weighted by Gasteiger charge is 2.68. The molecule has 14 heteroatoms. The summed E-state index contributed by atoms with van der Waals surface area (Å²) in [5.41, 5.74) is -3.92. The number of hydrogen-bond acceptors (Lipinski definition) is 4. The van der Waals surface area contributed by atoms with Gasteiger partial charge < -0.3 is 10.4 Å². The van der Waals surface area contributed by atoms with Gasteiger partial charge in [0.1, 0.15) is 35.2 Å². The van der Waals surface area contributed by atoms with Gasteiger partial charge in [0.05, 0.1) is 11.7 Å². The highest BCUT2D eigenvalue weighted by molar-refractivity contribution is 9.10. The number of nitrogens with zero attached hydrogens (tertiary/aromatic N) is 3. The molecule has 0 bridgehead atoms. The molecule has 1 unspecified atom stereocenters. The number of carbonyl (C=O) groups is 1. The molecule has 3 aromatic rings. The summed E-state index contributed by atoms with van der Waals surface area (Å²) < 4.78 is 99.5. The Labute approximate surface area is 243 Å². The van der Waals surface area contributed by atoms with Crippen molar-refractivity contribution in [2.75, 3.05) is 0 Å². The molecule has 2 aliphatic carbocycles. The van der Waals surface area contributed by atoms with E-state index in [-0.39, 0.29) is 29.8 Å². The van der Waals surface area contributed by atoms with E-state index >= 15 is 0 Å². The standard InChI is InChI=1S/C28H22BrF7N4O2/c1-26(2,42)6-5-16-3-4-19(29)23(37-16)20(9-13-7-14(30)10-15(31)8-13)38-21(41)12-40-25-22(24(39-40)28(34,35)36)17-11-18(17)27(25,32)33/h3-4,7-8,10,17-18,20,42H,9,11-12H2,1-2H3,(H,38,41)/t17?,18-,20+/m1/s1. The van der Waals surface area contributed by atoms with Gasteiger partial charge in [0.2, 0.25) is 5.91 Å². The van der Waals surface area contributed by atoms with E-state index < -0.39 is 76.6 Å². The highest BCUT2D eigenvalue weighted by atomic mass is 79.9. The van der Waals surface area contributed by atoms with Gasteiger partial charge in [-0.25, -0.2) is 13.8 Å². The van der Waals surface area contributed by atoms with Gasteiger partial charge >= 0.3 is 6.18 Å². The van der Waals surface area contributed by atoms with Crippen molar-refractivity contribution < 1.29 is 40.6 Å². The molecule has 2 N–H and O–H groups in total. The van der Waals surface area contributed by atoms with E-state index in [1.165, 1.54) is 26.0 Å². The van der Waals surface area contributed by atoms with Crippen LogP contribution >= 0.6 is 15.9 Å². The van der Waals surface area contributed by atoms with Crippen molar-refractivity contribution in [1.29, 1.82) is 0 Å². The van der Waals surface area contributed by atoms with E-state index in [2.05, 4.69) is 43.2 Å².